The summed E-state index contributed by atoms with van der Waals surface area (Å²) in [6, 6.07) is 4.37. The molecule has 2 rings (SSSR count). The average Bonchev–Trinajstić information content (AvgIpc) is 2.84. The van der Waals surface area contributed by atoms with Crippen molar-refractivity contribution in [2.75, 3.05) is 13.7 Å². The molecule has 9 heteroatoms. The number of amides is 4. The van der Waals surface area contributed by atoms with Gasteiger partial charge < -0.3 is 20.5 Å². The summed E-state index contributed by atoms with van der Waals surface area (Å²) in [5.41, 5.74) is -0.709. The van der Waals surface area contributed by atoms with E-state index in [2.05, 4.69) is 16.0 Å². The summed E-state index contributed by atoms with van der Waals surface area (Å²) < 4.78 is 4.83. The summed E-state index contributed by atoms with van der Waals surface area (Å²) >= 11 is 0. The van der Waals surface area contributed by atoms with Crippen molar-refractivity contribution in [1.29, 1.82) is 0 Å². The van der Waals surface area contributed by atoms with Gasteiger partial charge in [0.2, 0.25) is 0 Å². The Kier molecular flexibility index (Phi) is 5.38. The normalized spacial score (nSPS) is 20.6. The van der Waals surface area contributed by atoms with E-state index in [0.29, 0.717) is 5.56 Å². The van der Waals surface area contributed by atoms with Crippen molar-refractivity contribution in [3.63, 3.8) is 0 Å². The summed E-state index contributed by atoms with van der Waals surface area (Å²) in [5.74, 6) is -2.30. The highest BCUT2D eigenvalue weighted by atomic mass is 16.5. The fourth-order valence-electron chi connectivity index (χ4n) is 2.45. The van der Waals surface area contributed by atoms with Crippen LogP contribution >= 0.6 is 0 Å². The Morgan fingerprint density at radius 2 is 2.08 bits per heavy atom. The maximum atomic E-state index is 12.3. The largest absolute Gasteiger partial charge is 0.480 e. The second kappa shape index (κ2) is 7.31. The van der Waals surface area contributed by atoms with Crippen LogP contribution in [0.1, 0.15) is 29.3 Å². The molecule has 4 N–H and O–H groups in total. The molecule has 1 aliphatic rings. The summed E-state index contributed by atoms with van der Waals surface area (Å²) in [6.07, 6.45) is 0.118. The molecule has 0 saturated carbocycles. The lowest BCUT2D eigenvalue weighted by atomic mass is 9.91. The molecule has 2 atom stereocenters. The lowest BCUT2D eigenvalue weighted by Crippen LogP contribution is -2.42. The number of rotatable bonds is 7. The Morgan fingerprint density at radius 3 is 2.64 bits per heavy atom. The van der Waals surface area contributed by atoms with Crippen LogP contribution in [0.25, 0.3) is 0 Å². The Labute approximate surface area is 143 Å². The van der Waals surface area contributed by atoms with Gasteiger partial charge in [0.15, 0.2) is 0 Å². The van der Waals surface area contributed by atoms with Gasteiger partial charge in [-0.3, -0.25) is 14.9 Å². The van der Waals surface area contributed by atoms with E-state index in [0.717, 1.165) is 0 Å². The fraction of sp³-hybridized carbons (Fsp3) is 0.375. The zero-order chi connectivity index (χ0) is 18.6. The monoisotopic (exact) mass is 349 g/mol. The second-order valence-electron chi connectivity index (χ2n) is 5.76. The number of hydrogen-bond acceptors (Lipinski definition) is 5. The molecule has 134 valence electrons. The molecule has 0 aliphatic carbocycles. The van der Waals surface area contributed by atoms with Crippen LogP contribution in [0.3, 0.4) is 0 Å². The highest BCUT2D eigenvalue weighted by Crippen LogP contribution is 2.25. The molecule has 2 unspecified atom stereocenters. The van der Waals surface area contributed by atoms with Crippen LogP contribution in [0.15, 0.2) is 24.3 Å². The highest BCUT2D eigenvalue weighted by molar-refractivity contribution is 6.07. The van der Waals surface area contributed by atoms with E-state index in [4.69, 9.17) is 9.84 Å². The van der Waals surface area contributed by atoms with Crippen molar-refractivity contribution < 1.29 is 29.0 Å². The summed E-state index contributed by atoms with van der Waals surface area (Å²) in [7, 11) is 1.44. The second-order valence-corrected chi connectivity index (χ2v) is 5.76. The molecule has 1 fully saturated rings. The zero-order valence-electron chi connectivity index (χ0n) is 13.8. The molecule has 0 radical (unpaired) electrons. The number of carboxylic acid groups (broad SMARTS) is 1. The van der Waals surface area contributed by atoms with Crippen molar-refractivity contribution in [1.82, 2.24) is 16.0 Å². The highest BCUT2D eigenvalue weighted by Gasteiger charge is 2.43. The van der Waals surface area contributed by atoms with Gasteiger partial charge >= 0.3 is 12.0 Å². The molecule has 9 nitrogen and oxygen atoms in total. The van der Waals surface area contributed by atoms with Gasteiger partial charge in [-0.15, -0.1) is 0 Å². The number of urea groups is 1. The molecule has 0 spiro atoms. The standard InChI is InChI=1S/C16H19N3O6/c1-16(14(23)18-15(24)19-16)10-5-3-4-9(8-10)12(20)17-11(13(21)22)6-7-25-2/h3-5,8,11H,6-7H2,1-2H3,(H,17,20)(H,21,22)(H2,18,19,23,24). The number of nitrogens with one attached hydrogen (secondary N) is 3. The summed E-state index contributed by atoms with van der Waals surface area (Å²) in [4.78, 5) is 46.9. The van der Waals surface area contributed by atoms with Gasteiger partial charge in [-0.05, 0) is 24.6 Å². The summed E-state index contributed by atoms with van der Waals surface area (Å²) in [6.45, 7) is 1.70. The number of carbonyl (C=O) groups is 4. The van der Waals surface area contributed by atoms with Gasteiger partial charge in [0.05, 0.1) is 0 Å². The third-order valence-corrected chi connectivity index (χ3v) is 3.96. The van der Waals surface area contributed by atoms with Crippen LogP contribution in [-0.2, 0) is 19.9 Å². The molecular weight excluding hydrogens is 330 g/mol. The summed E-state index contributed by atoms with van der Waals surface area (Å²) in [5, 5.41) is 16.2. The number of aliphatic carboxylic acids is 1. The first-order valence-corrected chi connectivity index (χ1v) is 7.54. The third kappa shape index (κ3) is 3.94. The van der Waals surface area contributed by atoms with Crippen molar-refractivity contribution in [2.45, 2.75) is 24.9 Å². The van der Waals surface area contributed by atoms with Crippen molar-refractivity contribution >= 4 is 23.8 Å². The molecule has 1 heterocycles. The van der Waals surface area contributed by atoms with Crippen molar-refractivity contribution in [3.8, 4) is 0 Å². The van der Waals surface area contributed by atoms with Crippen LogP contribution in [0.2, 0.25) is 0 Å². The number of methoxy groups -OCH3 is 1. The van der Waals surface area contributed by atoms with E-state index in [1.165, 1.54) is 26.2 Å². The van der Waals surface area contributed by atoms with E-state index in [1.807, 2.05) is 0 Å². The van der Waals surface area contributed by atoms with Crippen LogP contribution < -0.4 is 16.0 Å². The molecule has 1 aliphatic heterocycles. The first kappa shape index (κ1) is 18.4. The molecule has 0 bridgehead atoms. The van der Waals surface area contributed by atoms with Gasteiger partial charge in [-0.1, -0.05) is 12.1 Å². The predicted octanol–water partition coefficient (Wildman–Crippen LogP) is -0.0393. The number of carbonyl (C=O) groups excluding carboxylic acids is 3. The van der Waals surface area contributed by atoms with Gasteiger partial charge in [-0.25, -0.2) is 9.59 Å². The minimum Gasteiger partial charge on any atom is -0.480 e. The average molecular weight is 349 g/mol. The Balaban J connectivity index is 2.20. The Morgan fingerprint density at radius 1 is 1.36 bits per heavy atom. The minimum atomic E-state index is -1.30. The van der Waals surface area contributed by atoms with Gasteiger partial charge in [0.1, 0.15) is 11.6 Å². The van der Waals surface area contributed by atoms with Crippen LogP contribution in [-0.4, -0.2) is 48.7 Å². The maximum Gasteiger partial charge on any atom is 0.326 e. The number of benzene rings is 1. The lowest BCUT2D eigenvalue weighted by Gasteiger charge is -2.22. The predicted molar refractivity (Wildman–Crippen MR) is 85.9 cm³/mol. The van der Waals surface area contributed by atoms with Crippen LogP contribution in [0.4, 0.5) is 4.79 Å². The smallest absolute Gasteiger partial charge is 0.326 e. The Hall–Kier alpha value is -2.94. The van der Waals surface area contributed by atoms with Crippen LogP contribution in [0.5, 0.6) is 0 Å². The van der Waals surface area contributed by atoms with Gasteiger partial charge in [0.25, 0.3) is 11.8 Å². The quantitative estimate of drug-likeness (QED) is 0.510. The van der Waals surface area contributed by atoms with Crippen LogP contribution in [0, 0.1) is 0 Å². The van der Waals surface area contributed by atoms with Crippen molar-refractivity contribution in [3.05, 3.63) is 35.4 Å². The van der Waals surface area contributed by atoms with E-state index in [9.17, 15) is 19.2 Å². The van der Waals surface area contributed by atoms with E-state index < -0.39 is 35.4 Å². The maximum absolute atomic E-state index is 12.3. The SMILES string of the molecule is COCCC(NC(=O)c1cccc(C2(C)NC(=O)NC2=O)c1)C(=O)O. The lowest BCUT2D eigenvalue weighted by molar-refractivity contribution is -0.139. The first-order chi connectivity index (χ1) is 11.8. The molecule has 0 aromatic heterocycles. The zero-order valence-corrected chi connectivity index (χ0v) is 13.8. The van der Waals surface area contributed by atoms with Crippen molar-refractivity contribution in [2.24, 2.45) is 0 Å². The molecule has 1 aromatic rings. The molecule has 4 amide bonds. The molecule has 1 aromatic carbocycles. The third-order valence-electron chi connectivity index (χ3n) is 3.96. The number of hydrogen-bond donors (Lipinski definition) is 4. The Bertz CT molecular complexity index is 720. The number of imide groups is 1. The minimum absolute atomic E-state index is 0.118. The van der Waals surface area contributed by atoms with E-state index in [1.54, 1.807) is 12.1 Å². The first-order valence-electron chi connectivity index (χ1n) is 7.54. The van der Waals surface area contributed by atoms with E-state index >= 15 is 0 Å². The number of ether oxygens (including phenoxy) is 1. The van der Waals surface area contributed by atoms with Gasteiger partial charge in [-0.2, -0.15) is 0 Å². The molecule has 1 saturated heterocycles. The molecular formula is C16H19N3O6. The fourth-order valence-corrected chi connectivity index (χ4v) is 2.45. The van der Waals surface area contributed by atoms with Gasteiger partial charge in [0, 0.05) is 25.7 Å². The molecule has 25 heavy (non-hydrogen) atoms. The van der Waals surface area contributed by atoms with E-state index in [-0.39, 0.29) is 18.6 Å². The number of carboxylic acids is 1. The topological polar surface area (TPSA) is 134 Å².